The maximum atomic E-state index is 10.1. The van der Waals surface area contributed by atoms with E-state index in [1.165, 1.54) is 43.5 Å². The average molecular weight is 326 g/mol. The summed E-state index contributed by atoms with van der Waals surface area (Å²) in [7, 11) is 0. The minimum absolute atomic E-state index is 0.103. The molecule has 0 spiro atoms. The van der Waals surface area contributed by atoms with Gasteiger partial charge in [0.25, 0.3) is 0 Å². The molecule has 3 nitrogen and oxygen atoms in total. The number of rotatable bonds is 0. The summed E-state index contributed by atoms with van der Waals surface area (Å²) in [6, 6.07) is 0. The monoisotopic (exact) mass is 326 g/mol. The second-order valence-corrected chi connectivity index (χ2v) is 9.49. The molecule has 4 aliphatic rings. The Kier molecular flexibility index (Phi) is 3.01. The largest absolute Gasteiger partial charge is 0.393 e. The van der Waals surface area contributed by atoms with Gasteiger partial charge in [-0.25, -0.2) is 0 Å². The van der Waals surface area contributed by atoms with Gasteiger partial charge in [-0.05, 0) is 80.5 Å². The van der Waals surface area contributed by atoms with E-state index < -0.39 is 0 Å². The predicted molar refractivity (Wildman–Crippen MR) is 94.7 cm³/mol. The van der Waals surface area contributed by atoms with Crippen LogP contribution in [0.3, 0.4) is 0 Å². The number of aliphatic hydroxyl groups excluding tert-OH is 1. The molecule has 0 bridgehead atoms. The number of allylic oxidation sites excluding steroid dienone is 1. The Labute approximate surface area is 144 Å². The average Bonchev–Trinajstić information content (AvgIpc) is 3.06. The molecular weight excluding hydrogens is 296 g/mol. The van der Waals surface area contributed by atoms with E-state index in [9.17, 15) is 5.11 Å². The van der Waals surface area contributed by atoms with E-state index >= 15 is 0 Å². The van der Waals surface area contributed by atoms with Crippen LogP contribution in [0.5, 0.6) is 0 Å². The molecular formula is C21H30N2O. The molecule has 0 aromatic carbocycles. The van der Waals surface area contributed by atoms with Gasteiger partial charge in [-0.2, -0.15) is 5.10 Å². The molecule has 1 heterocycles. The third-order valence-electron chi connectivity index (χ3n) is 8.47. The first-order chi connectivity index (χ1) is 11.4. The maximum absolute atomic E-state index is 10.1. The number of nitrogens with zero attached hydrogens (tertiary/aromatic N) is 1. The highest BCUT2D eigenvalue weighted by molar-refractivity contribution is 5.41. The smallest absolute Gasteiger partial charge is 0.0665 e. The Bertz CT molecular complexity index is 719. The fraction of sp³-hybridized carbons (Fsp3) is 0.762. The quantitative estimate of drug-likeness (QED) is 0.707. The first kappa shape index (κ1) is 15.2. The normalized spacial score (nSPS) is 46.6. The van der Waals surface area contributed by atoms with Crippen molar-refractivity contribution >= 4 is 0 Å². The summed E-state index contributed by atoms with van der Waals surface area (Å²) in [5, 5.41) is 18.0. The lowest BCUT2D eigenvalue weighted by atomic mass is 9.47. The van der Waals surface area contributed by atoms with Crippen LogP contribution < -0.4 is 0 Å². The molecule has 0 unspecified atom stereocenters. The minimum Gasteiger partial charge on any atom is -0.393 e. The number of fused-ring (bicyclic) bond motifs is 7. The lowest BCUT2D eigenvalue weighted by molar-refractivity contribution is -0.0166. The van der Waals surface area contributed by atoms with E-state index in [-0.39, 0.29) is 6.10 Å². The molecule has 2 saturated carbocycles. The number of aliphatic hydroxyl groups is 1. The van der Waals surface area contributed by atoms with Crippen LogP contribution in [0.2, 0.25) is 0 Å². The van der Waals surface area contributed by atoms with Crippen LogP contribution in [0.15, 0.2) is 11.6 Å². The van der Waals surface area contributed by atoms with Crippen LogP contribution in [0.4, 0.5) is 0 Å². The van der Waals surface area contributed by atoms with Crippen LogP contribution in [0, 0.1) is 30.1 Å². The summed E-state index contributed by atoms with van der Waals surface area (Å²) in [4.78, 5) is 0. The zero-order chi connectivity index (χ0) is 16.7. The molecule has 1 aromatic rings. The van der Waals surface area contributed by atoms with Crippen molar-refractivity contribution in [1.82, 2.24) is 10.2 Å². The minimum atomic E-state index is -0.103. The van der Waals surface area contributed by atoms with Gasteiger partial charge in [0.05, 0.1) is 11.8 Å². The molecule has 6 atom stereocenters. The van der Waals surface area contributed by atoms with Gasteiger partial charge in [0, 0.05) is 11.3 Å². The van der Waals surface area contributed by atoms with Crippen molar-refractivity contribution in [2.24, 2.45) is 23.2 Å². The van der Waals surface area contributed by atoms with Gasteiger partial charge in [-0.1, -0.05) is 25.5 Å². The third kappa shape index (κ3) is 1.75. The van der Waals surface area contributed by atoms with Gasteiger partial charge >= 0.3 is 0 Å². The third-order valence-corrected chi connectivity index (χ3v) is 8.47. The number of aryl methyl sites for hydroxylation is 1. The van der Waals surface area contributed by atoms with Crippen molar-refractivity contribution < 1.29 is 5.11 Å². The molecule has 0 amide bonds. The van der Waals surface area contributed by atoms with E-state index in [4.69, 9.17) is 0 Å². The summed E-state index contributed by atoms with van der Waals surface area (Å²) < 4.78 is 0. The number of aromatic nitrogens is 2. The number of aromatic amines is 1. The Morgan fingerprint density at radius 2 is 1.92 bits per heavy atom. The lowest BCUT2D eigenvalue weighted by Crippen LogP contribution is -2.51. The molecule has 0 aliphatic heterocycles. The van der Waals surface area contributed by atoms with E-state index in [0.717, 1.165) is 30.6 Å². The van der Waals surface area contributed by atoms with E-state index in [1.807, 2.05) is 0 Å². The summed E-state index contributed by atoms with van der Waals surface area (Å²) in [5.74, 6) is 2.35. The fourth-order valence-corrected chi connectivity index (χ4v) is 7.24. The highest BCUT2D eigenvalue weighted by Crippen LogP contribution is 2.64. The topological polar surface area (TPSA) is 48.9 Å². The molecule has 2 N–H and O–H groups in total. The van der Waals surface area contributed by atoms with Gasteiger partial charge < -0.3 is 5.11 Å². The van der Waals surface area contributed by atoms with Crippen LogP contribution in [0.1, 0.15) is 69.3 Å². The summed E-state index contributed by atoms with van der Waals surface area (Å²) in [6.07, 6.45) is 10.5. The van der Waals surface area contributed by atoms with Gasteiger partial charge in [-0.15, -0.1) is 0 Å². The van der Waals surface area contributed by atoms with Gasteiger partial charge in [-0.3, -0.25) is 5.10 Å². The van der Waals surface area contributed by atoms with E-state index in [0.29, 0.717) is 10.8 Å². The molecule has 2 fully saturated rings. The summed E-state index contributed by atoms with van der Waals surface area (Å²) in [5.41, 5.74) is 6.42. The molecule has 24 heavy (non-hydrogen) atoms. The summed E-state index contributed by atoms with van der Waals surface area (Å²) >= 11 is 0. The Hall–Kier alpha value is -1.09. The zero-order valence-electron chi connectivity index (χ0n) is 15.2. The predicted octanol–water partition coefficient (Wildman–Crippen LogP) is 4.06. The van der Waals surface area contributed by atoms with Gasteiger partial charge in [0.15, 0.2) is 0 Å². The highest BCUT2D eigenvalue weighted by Gasteiger charge is 2.58. The van der Waals surface area contributed by atoms with Crippen LogP contribution in [0.25, 0.3) is 0 Å². The maximum Gasteiger partial charge on any atom is 0.0665 e. The van der Waals surface area contributed by atoms with Crippen molar-refractivity contribution in [1.29, 1.82) is 0 Å². The second-order valence-electron chi connectivity index (χ2n) is 9.49. The van der Waals surface area contributed by atoms with Crippen molar-refractivity contribution in [3.63, 3.8) is 0 Å². The number of nitrogens with one attached hydrogen (secondary N) is 1. The van der Waals surface area contributed by atoms with E-state index in [2.05, 4.69) is 37.0 Å². The second kappa shape index (κ2) is 4.75. The molecule has 4 aliphatic carbocycles. The van der Waals surface area contributed by atoms with Crippen molar-refractivity contribution in [3.05, 3.63) is 28.6 Å². The molecule has 5 rings (SSSR count). The lowest BCUT2D eigenvalue weighted by Gasteiger charge is -2.57. The van der Waals surface area contributed by atoms with Crippen LogP contribution >= 0.6 is 0 Å². The summed E-state index contributed by atoms with van der Waals surface area (Å²) in [6.45, 7) is 7.21. The van der Waals surface area contributed by atoms with Crippen molar-refractivity contribution in [3.8, 4) is 0 Å². The number of hydrogen-bond acceptors (Lipinski definition) is 2. The molecule has 130 valence electrons. The highest BCUT2D eigenvalue weighted by atomic mass is 16.3. The van der Waals surface area contributed by atoms with Crippen LogP contribution in [-0.4, -0.2) is 21.4 Å². The number of H-pyrrole nitrogens is 1. The van der Waals surface area contributed by atoms with E-state index in [1.54, 1.807) is 11.1 Å². The first-order valence-corrected chi connectivity index (χ1v) is 9.85. The van der Waals surface area contributed by atoms with Crippen molar-refractivity contribution in [2.45, 2.75) is 77.2 Å². The molecule has 1 aromatic heterocycles. The van der Waals surface area contributed by atoms with Gasteiger partial charge in [0.2, 0.25) is 0 Å². The molecule has 3 heteroatoms. The van der Waals surface area contributed by atoms with Crippen LogP contribution in [-0.2, 0) is 11.8 Å². The van der Waals surface area contributed by atoms with Crippen molar-refractivity contribution in [2.75, 3.05) is 0 Å². The fourth-order valence-electron chi connectivity index (χ4n) is 7.24. The standard InChI is InChI=1S/C21H30N2O/c1-12-19-18(23-22-12)11-17-15-5-4-13-10-14(24)6-8-20(13,2)16(15)7-9-21(17,19)3/h4,14-17,24H,5-11H2,1-3H3,(H,22,23)/t14-,15+,16-,17-,20-,21-/m0/s1. The Morgan fingerprint density at radius 3 is 2.75 bits per heavy atom. The molecule has 0 saturated heterocycles. The first-order valence-electron chi connectivity index (χ1n) is 9.85. The Balaban J connectivity index is 1.54. The SMILES string of the molecule is Cc1[nH]nc2c1[C@@]1(C)CC[C@H]3[C@@H](CC=C4C[C@@H](O)CC[C@@]43C)[C@@H]1C2. The van der Waals surface area contributed by atoms with Gasteiger partial charge in [0.1, 0.15) is 0 Å². The molecule has 0 radical (unpaired) electrons. The number of hydrogen-bond donors (Lipinski definition) is 2. The zero-order valence-corrected chi connectivity index (χ0v) is 15.2. The Morgan fingerprint density at radius 1 is 1.12 bits per heavy atom.